The van der Waals surface area contributed by atoms with Gasteiger partial charge in [0, 0.05) is 11.6 Å². The molecule has 0 saturated carbocycles. The van der Waals surface area contributed by atoms with Crippen molar-refractivity contribution in [2.75, 3.05) is 5.32 Å². The van der Waals surface area contributed by atoms with Crippen LogP contribution in [0.25, 0.3) is 10.9 Å². The number of benzene rings is 1. The van der Waals surface area contributed by atoms with Crippen LogP contribution in [0.5, 0.6) is 0 Å². The van der Waals surface area contributed by atoms with Gasteiger partial charge < -0.3 is 5.32 Å². The molecule has 0 fully saturated rings. The van der Waals surface area contributed by atoms with Gasteiger partial charge in [-0.3, -0.25) is 4.99 Å². The van der Waals surface area contributed by atoms with Crippen molar-refractivity contribution >= 4 is 34.9 Å². The average molecular weight is 262 g/mol. The molecule has 0 atom stereocenters. The molecule has 1 aromatic carbocycles. The van der Waals surface area contributed by atoms with Crippen LogP contribution in [0.2, 0.25) is 0 Å². The Morgan fingerprint density at radius 1 is 1.10 bits per heavy atom. The SMILES string of the molecule is C=Nc1cccc2nc(Nc3cc(C)ccn3)ccc12. The second-order valence-electron chi connectivity index (χ2n) is 4.54. The van der Waals surface area contributed by atoms with E-state index in [0.29, 0.717) is 0 Å². The molecule has 0 spiro atoms. The van der Waals surface area contributed by atoms with Gasteiger partial charge in [-0.05, 0) is 55.6 Å². The Labute approximate surface area is 117 Å². The predicted molar refractivity (Wildman–Crippen MR) is 83.2 cm³/mol. The highest BCUT2D eigenvalue weighted by molar-refractivity contribution is 5.91. The van der Waals surface area contributed by atoms with E-state index in [-0.39, 0.29) is 0 Å². The number of aryl methyl sites for hydroxylation is 1. The van der Waals surface area contributed by atoms with Crippen molar-refractivity contribution in [1.29, 1.82) is 0 Å². The molecule has 3 aromatic rings. The van der Waals surface area contributed by atoms with Gasteiger partial charge in [0.1, 0.15) is 11.6 Å². The maximum atomic E-state index is 4.57. The largest absolute Gasteiger partial charge is 0.325 e. The van der Waals surface area contributed by atoms with E-state index in [1.54, 1.807) is 6.20 Å². The predicted octanol–water partition coefficient (Wildman–Crippen LogP) is 4.01. The second-order valence-corrected chi connectivity index (χ2v) is 4.54. The first-order valence-corrected chi connectivity index (χ1v) is 6.32. The molecule has 20 heavy (non-hydrogen) atoms. The van der Waals surface area contributed by atoms with Crippen molar-refractivity contribution < 1.29 is 0 Å². The standard InChI is InChI=1S/C16H14N4/c1-11-8-9-18-16(10-11)20-15-7-6-12-13(17-2)4-3-5-14(12)19-15/h3-10H,2H2,1H3,(H,18,19,20). The fraction of sp³-hybridized carbons (Fsp3) is 0.0625. The third-order valence-electron chi connectivity index (χ3n) is 3.05. The van der Waals surface area contributed by atoms with Gasteiger partial charge in [0.05, 0.1) is 11.2 Å². The van der Waals surface area contributed by atoms with E-state index in [0.717, 1.165) is 33.8 Å². The lowest BCUT2D eigenvalue weighted by atomic mass is 10.2. The van der Waals surface area contributed by atoms with Gasteiger partial charge in [-0.15, -0.1) is 0 Å². The molecule has 0 saturated heterocycles. The van der Waals surface area contributed by atoms with Crippen molar-refractivity contribution in [3.63, 3.8) is 0 Å². The Bertz CT molecular complexity index is 780. The first kappa shape index (κ1) is 12.3. The molecule has 0 bridgehead atoms. The van der Waals surface area contributed by atoms with Crippen LogP contribution in [-0.2, 0) is 0 Å². The highest BCUT2D eigenvalue weighted by atomic mass is 15.0. The summed E-state index contributed by atoms with van der Waals surface area (Å²) < 4.78 is 0. The van der Waals surface area contributed by atoms with Gasteiger partial charge in [-0.1, -0.05) is 6.07 Å². The molecule has 2 aromatic heterocycles. The topological polar surface area (TPSA) is 50.2 Å². The lowest BCUT2D eigenvalue weighted by Crippen LogP contribution is -1.96. The number of aliphatic imine (C=N–C) groups is 1. The van der Waals surface area contributed by atoms with Crippen LogP contribution in [0.15, 0.2) is 53.7 Å². The van der Waals surface area contributed by atoms with Crippen LogP contribution >= 0.6 is 0 Å². The number of fused-ring (bicyclic) bond motifs is 1. The Balaban J connectivity index is 1.99. The van der Waals surface area contributed by atoms with Crippen LogP contribution < -0.4 is 5.32 Å². The Morgan fingerprint density at radius 3 is 2.80 bits per heavy atom. The van der Waals surface area contributed by atoms with E-state index < -0.39 is 0 Å². The highest BCUT2D eigenvalue weighted by Gasteiger charge is 2.03. The minimum atomic E-state index is 0.761. The number of rotatable bonds is 3. The maximum absolute atomic E-state index is 4.57. The van der Waals surface area contributed by atoms with Gasteiger partial charge in [-0.2, -0.15) is 0 Å². The number of aromatic nitrogens is 2. The van der Waals surface area contributed by atoms with E-state index in [9.17, 15) is 0 Å². The average Bonchev–Trinajstić information content (AvgIpc) is 2.46. The van der Waals surface area contributed by atoms with Gasteiger partial charge in [-0.25, -0.2) is 9.97 Å². The van der Waals surface area contributed by atoms with E-state index in [4.69, 9.17) is 0 Å². The number of pyridine rings is 2. The van der Waals surface area contributed by atoms with Crippen molar-refractivity contribution in [1.82, 2.24) is 9.97 Å². The zero-order valence-corrected chi connectivity index (χ0v) is 11.2. The summed E-state index contributed by atoms with van der Waals surface area (Å²) in [6, 6.07) is 13.7. The van der Waals surface area contributed by atoms with E-state index in [1.165, 1.54) is 0 Å². The summed E-state index contributed by atoms with van der Waals surface area (Å²) in [6.07, 6.45) is 1.78. The van der Waals surface area contributed by atoms with Crippen molar-refractivity contribution in [3.05, 3.63) is 54.2 Å². The number of anilines is 2. The first-order valence-electron chi connectivity index (χ1n) is 6.32. The molecule has 98 valence electrons. The monoisotopic (exact) mass is 262 g/mol. The molecular formula is C16H14N4. The molecule has 4 nitrogen and oxygen atoms in total. The number of hydrogen-bond acceptors (Lipinski definition) is 4. The smallest absolute Gasteiger partial charge is 0.132 e. The zero-order chi connectivity index (χ0) is 13.9. The molecule has 0 aliphatic rings. The first-order chi connectivity index (χ1) is 9.76. The fourth-order valence-corrected chi connectivity index (χ4v) is 2.08. The molecular weight excluding hydrogens is 248 g/mol. The van der Waals surface area contributed by atoms with Crippen LogP contribution in [0.4, 0.5) is 17.3 Å². The van der Waals surface area contributed by atoms with Crippen LogP contribution in [0.1, 0.15) is 5.56 Å². The van der Waals surface area contributed by atoms with Gasteiger partial charge in [0.2, 0.25) is 0 Å². The summed E-state index contributed by atoms with van der Waals surface area (Å²) >= 11 is 0. The molecule has 0 radical (unpaired) electrons. The van der Waals surface area contributed by atoms with E-state index >= 15 is 0 Å². The third-order valence-corrected chi connectivity index (χ3v) is 3.05. The van der Waals surface area contributed by atoms with Crippen LogP contribution in [0.3, 0.4) is 0 Å². The molecule has 4 heteroatoms. The lowest BCUT2D eigenvalue weighted by molar-refractivity contribution is 1.25. The summed E-state index contributed by atoms with van der Waals surface area (Å²) in [6.45, 7) is 5.61. The lowest BCUT2D eigenvalue weighted by Gasteiger charge is -2.07. The van der Waals surface area contributed by atoms with Gasteiger partial charge in [0.25, 0.3) is 0 Å². The van der Waals surface area contributed by atoms with Crippen LogP contribution in [0, 0.1) is 6.92 Å². The van der Waals surface area contributed by atoms with Crippen molar-refractivity contribution in [2.24, 2.45) is 4.99 Å². The number of nitrogens with zero attached hydrogens (tertiary/aromatic N) is 3. The van der Waals surface area contributed by atoms with Gasteiger partial charge in [0.15, 0.2) is 0 Å². The number of hydrogen-bond donors (Lipinski definition) is 1. The highest BCUT2D eigenvalue weighted by Crippen LogP contribution is 2.26. The summed E-state index contributed by atoms with van der Waals surface area (Å²) in [7, 11) is 0. The number of nitrogens with one attached hydrogen (secondary N) is 1. The summed E-state index contributed by atoms with van der Waals surface area (Å²) in [5.41, 5.74) is 2.88. The normalized spacial score (nSPS) is 10.4. The molecule has 0 aliphatic heterocycles. The van der Waals surface area contributed by atoms with Crippen LogP contribution in [-0.4, -0.2) is 16.7 Å². The summed E-state index contributed by atoms with van der Waals surface area (Å²) in [4.78, 5) is 12.8. The van der Waals surface area contributed by atoms with E-state index in [2.05, 4.69) is 27.0 Å². The quantitative estimate of drug-likeness (QED) is 0.725. The Morgan fingerprint density at radius 2 is 2.00 bits per heavy atom. The second kappa shape index (κ2) is 5.09. The summed E-state index contributed by atoms with van der Waals surface area (Å²) in [5.74, 6) is 1.55. The van der Waals surface area contributed by atoms with Crippen molar-refractivity contribution in [2.45, 2.75) is 6.92 Å². The summed E-state index contributed by atoms with van der Waals surface area (Å²) in [5, 5.41) is 4.20. The Hall–Kier alpha value is -2.75. The minimum absolute atomic E-state index is 0.761. The fourth-order valence-electron chi connectivity index (χ4n) is 2.08. The molecule has 0 unspecified atom stereocenters. The zero-order valence-electron chi connectivity index (χ0n) is 11.2. The van der Waals surface area contributed by atoms with Gasteiger partial charge >= 0.3 is 0 Å². The molecule has 3 rings (SSSR count). The third kappa shape index (κ3) is 2.36. The Kier molecular flexibility index (Phi) is 3.13. The molecule has 0 aliphatic carbocycles. The molecule has 2 heterocycles. The van der Waals surface area contributed by atoms with E-state index in [1.807, 2.05) is 49.4 Å². The minimum Gasteiger partial charge on any atom is -0.325 e. The van der Waals surface area contributed by atoms with Crippen molar-refractivity contribution in [3.8, 4) is 0 Å². The maximum Gasteiger partial charge on any atom is 0.132 e. The molecule has 0 amide bonds. The molecule has 1 N–H and O–H groups in total.